The highest BCUT2D eigenvalue weighted by atomic mass is 16.5. The van der Waals surface area contributed by atoms with Gasteiger partial charge in [-0.25, -0.2) is 0 Å². The summed E-state index contributed by atoms with van der Waals surface area (Å²) in [5.74, 6) is -0.259. The third kappa shape index (κ3) is 6.05. The number of aryl methyl sites for hydroxylation is 1. The van der Waals surface area contributed by atoms with Gasteiger partial charge < -0.3 is 4.74 Å². The van der Waals surface area contributed by atoms with Crippen LogP contribution in [0.1, 0.15) is 11.1 Å². The first kappa shape index (κ1) is 16.3. The van der Waals surface area contributed by atoms with Gasteiger partial charge in [0.25, 0.3) is 11.8 Å². The third-order valence-corrected chi connectivity index (χ3v) is 2.94. The molecule has 0 saturated heterocycles. The Morgan fingerprint density at radius 2 is 1.70 bits per heavy atom. The summed E-state index contributed by atoms with van der Waals surface area (Å²) < 4.78 is 5.30. The summed E-state index contributed by atoms with van der Waals surface area (Å²) in [6.45, 7) is 1.79. The van der Waals surface area contributed by atoms with Crippen LogP contribution in [0.15, 0.2) is 60.7 Å². The van der Waals surface area contributed by atoms with Crippen molar-refractivity contribution in [3.8, 4) is 5.75 Å². The first-order valence-electron chi connectivity index (χ1n) is 7.15. The molecule has 0 heterocycles. The molecule has 0 radical (unpaired) electrons. The van der Waals surface area contributed by atoms with Gasteiger partial charge in [0, 0.05) is 6.08 Å². The van der Waals surface area contributed by atoms with Crippen LogP contribution in [0.4, 0.5) is 0 Å². The number of hydrazine groups is 1. The number of amides is 2. The number of rotatable bonds is 5. The van der Waals surface area contributed by atoms with E-state index in [1.54, 1.807) is 18.2 Å². The topological polar surface area (TPSA) is 67.4 Å². The molecule has 0 aliphatic rings. The number of carbonyl (C=O) groups excluding carboxylic acids is 2. The van der Waals surface area contributed by atoms with Crippen LogP contribution in [0, 0.1) is 6.92 Å². The Bertz CT molecular complexity index is 679. The van der Waals surface area contributed by atoms with Gasteiger partial charge in [-0.1, -0.05) is 48.0 Å². The smallest absolute Gasteiger partial charge is 0.276 e. The molecule has 118 valence electrons. The van der Waals surface area contributed by atoms with Crippen molar-refractivity contribution in [2.45, 2.75) is 6.92 Å². The van der Waals surface area contributed by atoms with E-state index in [1.807, 2.05) is 49.4 Å². The number of carbonyl (C=O) groups is 2. The molecule has 5 nitrogen and oxygen atoms in total. The van der Waals surface area contributed by atoms with Crippen molar-refractivity contribution < 1.29 is 14.3 Å². The molecule has 2 aromatic carbocycles. The summed E-state index contributed by atoms with van der Waals surface area (Å²) in [5, 5.41) is 0. The average molecular weight is 310 g/mol. The fourth-order valence-corrected chi connectivity index (χ4v) is 1.73. The maximum absolute atomic E-state index is 11.6. The van der Waals surface area contributed by atoms with Crippen molar-refractivity contribution in [3.63, 3.8) is 0 Å². The van der Waals surface area contributed by atoms with Gasteiger partial charge in [0.15, 0.2) is 6.61 Å². The quantitative estimate of drug-likeness (QED) is 0.657. The number of benzene rings is 2. The summed E-state index contributed by atoms with van der Waals surface area (Å²) in [6, 6.07) is 16.7. The van der Waals surface area contributed by atoms with Crippen LogP contribution < -0.4 is 15.6 Å². The lowest BCUT2D eigenvalue weighted by molar-refractivity contribution is -0.128. The van der Waals surface area contributed by atoms with E-state index in [-0.39, 0.29) is 6.61 Å². The second-order valence-corrected chi connectivity index (χ2v) is 4.88. The number of hydrogen-bond acceptors (Lipinski definition) is 3. The van der Waals surface area contributed by atoms with Crippen LogP contribution >= 0.6 is 0 Å². The molecule has 2 aromatic rings. The molecule has 0 aliphatic heterocycles. The number of hydrogen-bond donors (Lipinski definition) is 2. The largest absolute Gasteiger partial charge is 0.484 e. The highest BCUT2D eigenvalue weighted by Gasteiger charge is 2.03. The van der Waals surface area contributed by atoms with Crippen molar-refractivity contribution >= 4 is 17.9 Å². The summed E-state index contributed by atoms with van der Waals surface area (Å²) in [5.41, 5.74) is 6.59. The van der Waals surface area contributed by atoms with Crippen LogP contribution in [0.3, 0.4) is 0 Å². The van der Waals surface area contributed by atoms with Crippen molar-refractivity contribution in [3.05, 3.63) is 71.8 Å². The molecule has 0 atom stereocenters. The number of nitrogens with one attached hydrogen (secondary N) is 2. The summed E-state index contributed by atoms with van der Waals surface area (Å²) in [4.78, 5) is 23.2. The van der Waals surface area contributed by atoms with Gasteiger partial charge in [0.05, 0.1) is 0 Å². The van der Waals surface area contributed by atoms with E-state index < -0.39 is 11.8 Å². The van der Waals surface area contributed by atoms with E-state index in [1.165, 1.54) is 6.08 Å². The molecule has 0 aliphatic carbocycles. The number of ether oxygens (including phenoxy) is 1. The molecule has 0 saturated carbocycles. The fourth-order valence-electron chi connectivity index (χ4n) is 1.73. The Balaban J connectivity index is 1.70. The van der Waals surface area contributed by atoms with Crippen molar-refractivity contribution in [1.82, 2.24) is 10.9 Å². The van der Waals surface area contributed by atoms with Crippen molar-refractivity contribution in [2.24, 2.45) is 0 Å². The third-order valence-electron chi connectivity index (χ3n) is 2.94. The molecule has 2 amide bonds. The minimum Gasteiger partial charge on any atom is -0.484 e. The van der Waals surface area contributed by atoms with Gasteiger partial charge in [-0.05, 0) is 30.7 Å². The molecule has 2 N–H and O–H groups in total. The normalized spacial score (nSPS) is 10.3. The lowest BCUT2D eigenvalue weighted by atomic mass is 10.2. The van der Waals surface area contributed by atoms with Gasteiger partial charge in [-0.15, -0.1) is 0 Å². The predicted octanol–water partition coefficient (Wildman–Crippen LogP) is 2.23. The van der Waals surface area contributed by atoms with Crippen LogP contribution in [0.5, 0.6) is 5.75 Å². The zero-order valence-electron chi connectivity index (χ0n) is 12.8. The van der Waals surface area contributed by atoms with Gasteiger partial charge in [-0.3, -0.25) is 20.4 Å². The zero-order chi connectivity index (χ0) is 16.5. The van der Waals surface area contributed by atoms with E-state index in [4.69, 9.17) is 4.74 Å². The highest BCUT2D eigenvalue weighted by Crippen LogP contribution is 2.10. The molecular weight excluding hydrogens is 292 g/mol. The lowest BCUT2D eigenvalue weighted by Gasteiger charge is -2.07. The molecule has 0 spiro atoms. The van der Waals surface area contributed by atoms with E-state index in [0.29, 0.717) is 5.75 Å². The van der Waals surface area contributed by atoms with Crippen LogP contribution in [-0.4, -0.2) is 18.4 Å². The SMILES string of the molecule is Cc1ccc(OCC(=O)NNC(=O)/C=C/c2ccccc2)cc1. The van der Waals surface area contributed by atoms with Gasteiger partial charge in [0.2, 0.25) is 0 Å². The maximum atomic E-state index is 11.6. The van der Waals surface area contributed by atoms with E-state index in [0.717, 1.165) is 11.1 Å². The van der Waals surface area contributed by atoms with Crippen LogP contribution in [0.25, 0.3) is 6.08 Å². The molecule has 23 heavy (non-hydrogen) atoms. The first-order chi connectivity index (χ1) is 11.1. The minimum absolute atomic E-state index is 0.175. The Hall–Kier alpha value is -3.08. The Labute approximate surface area is 134 Å². The minimum atomic E-state index is -0.438. The average Bonchev–Trinajstić information content (AvgIpc) is 2.58. The van der Waals surface area contributed by atoms with Crippen molar-refractivity contribution in [2.75, 3.05) is 6.61 Å². The standard InChI is InChI=1S/C18H18N2O3/c1-14-7-10-16(11-8-14)23-13-18(22)20-19-17(21)12-9-15-5-3-2-4-6-15/h2-12H,13H2,1H3,(H,19,21)(H,20,22)/b12-9+. The van der Waals surface area contributed by atoms with Crippen LogP contribution in [-0.2, 0) is 9.59 Å². The van der Waals surface area contributed by atoms with Crippen molar-refractivity contribution in [1.29, 1.82) is 0 Å². The fraction of sp³-hybridized carbons (Fsp3) is 0.111. The molecule has 2 rings (SSSR count). The summed E-state index contributed by atoms with van der Waals surface area (Å²) >= 11 is 0. The van der Waals surface area contributed by atoms with Gasteiger partial charge >= 0.3 is 0 Å². The van der Waals surface area contributed by atoms with Crippen LogP contribution in [0.2, 0.25) is 0 Å². The zero-order valence-corrected chi connectivity index (χ0v) is 12.8. The second-order valence-electron chi connectivity index (χ2n) is 4.88. The second kappa shape index (κ2) is 8.38. The Kier molecular flexibility index (Phi) is 5.94. The molecule has 0 bridgehead atoms. The Morgan fingerprint density at radius 1 is 1.00 bits per heavy atom. The first-order valence-corrected chi connectivity index (χ1v) is 7.15. The maximum Gasteiger partial charge on any atom is 0.276 e. The van der Waals surface area contributed by atoms with E-state index in [2.05, 4.69) is 10.9 Å². The van der Waals surface area contributed by atoms with E-state index in [9.17, 15) is 9.59 Å². The van der Waals surface area contributed by atoms with Gasteiger partial charge in [-0.2, -0.15) is 0 Å². The van der Waals surface area contributed by atoms with E-state index >= 15 is 0 Å². The van der Waals surface area contributed by atoms with Gasteiger partial charge in [0.1, 0.15) is 5.75 Å². The summed E-state index contributed by atoms with van der Waals surface area (Å²) in [7, 11) is 0. The monoisotopic (exact) mass is 310 g/mol. The Morgan fingerprint density at radius 3 is 2.39 bits per heavy atom. The molecule has 5 heteroatoms. The predicted molar refractivity (Wildman–Crippen MR) is 88.4 cm³/mol. The molecular formula is C18H18N2O3. The molecule has 0 fully saturated rings. The summed E-state index contributed by atoms with van der Waals surface area (Å²) in [6.07, 6.45) is 3.00. The molecule has 0 unspecified atom stereocenters. The molecule has 0 aromatic heterocycles. The lowest BCUT2D eigenvalue weighted by Crippen LogP contribution is -2.43. The highest BCUT2D eigenvalue weighted by molar-refractivity contribution is 5.93.